The second-order valence-electron chi connectivity index (χ2n) is 8.08. The molecule has 0 unspecified atom stereocenters. The number of carbonyl (C=O) groups excluding carboxylic acids is 1. The molecule has 0 atom stereocenters. The minimum absolute atomic E-state index is 0.0224. The first-order valence-corrected chi connectivity index (χ1v) is 10.8. The zero-order chi connectivity index (χ0) is 21.4. The van der Waals surface area contributed by atoms with Gasteiger partial charge >= 0.3 is 0 Å². The van der Waals surface area contributed by atoms with Crippen LogP contribution in [0.3, 0.4) is 0 Å². The number of piperazine rings is 1. The van der Waals surface area contributed by atoms with E-state index in [-0.39, 0.29) is 17.6 Å². The molecule has 1 aliphatic heterocycles. The van der Waals surface area contributed by atoms with Crippen molar-refractivity contribution in [3.05, 3.63) is 59.8 Å². The normalized spacial score (nSPS) is 17.2. The van der Waals surface area contributed by atoms with E-state index < -0.39 is 0 Å². The van der Waals surface area contributed by atoms with Crippen LogP contribution in [0.2, 0.25) is 0 Å². The van der Waals surface area contributed by atoms with Gasteiger partial charge in [0.1, 0.15) is 5.82 Å². The number of amides is 1. The first kappa shape index (κ1) is 19.8. The summed E-state index contributed by atoms with van der Waals surface area (Å²) in [5, 5.41) is 4.49. The lowest BCUT2D eigenvalue weighted by atomic mass is 10.1. The molecule has 0 spiro atoms. The molecular weight excluding hydrogens is 395 g/mol. The predicted molar refractivity (Wildman–Crippen MR) is 115 cm³/mol. The van der Waals surface area contributed by atoms with Crippen molar-refractivity contribution in [3.8, 4) is 17.2 Å². The highest BCUT2D eigenvalue weighted by molar-refractivity contribution is 5.95. The Morgan fingerprint density at radius 3 is 2.61 bits per heavy atom. The summed E-state index contributed by atoms with van der Waals surface area (Å²) in [5.74, 6) is 0.322. The van der Waals surface area contributed by atoms with E-state index in [9.17, 15) is 9.18 Å². The van der Waals surface area contributed by atoms with Crippen molar-refractivity contribution in [1.29, 1.82) is 0 Å². The Balaban J connectivity index is 1.48. The lowest BCUT2D eigenvalue weighted by Gasteiger charge is -2.34. The molecule has 0 bridgehead atoms. The van der Waals surface area contributed by atoms with E-state index in [0.29, 0.717) is 22.8 Å². The van der Waals surface area contributed by atoms with Gasteiger partial charge in [0.15, 0.2) is 0 Å². The Morgan fingerprint density at radius 1 is 1.13 bits per heavy atom. The maximum absolute atomic E-state index is 14.3. The highest BCUT2D eigenvalue weighted by Crippen LogP contribution is 2.42. The molecule has 1 saturated carbocycles. The van der Waals surface area contributed by atoms with Gasteiger partial charge in [-0.2, -0.15) is 5.10 Å². The quantitative estimate of drug-likeness (QED) is 0.635. The van der Waals surface area contributed by atoms with E-state index in [0.717, 1.165) is 51.3 Å². The van der Waals surface area contributed by atoms with Crippen LogP contribution in [0.1, 0.15) is 41.7 Å². The molecule has 2 aromatic heterocycles. The molecule has 3 heterocycles. The largest absolute Gasteiger partial charge is 0.336 e. The van der Waals surface area contributed by atoms with Gasteiger partial charge in [0.25, 0.3) is 11.9 Å². The van der Waals surface area contributed by atoms with E-state index in [1.54, 1.807) is 41.3 Å². The van der Waals surface area contributed by atoms with Crippen molar-refractivity contribution in [2.45, 2.75) is 25.7 Å². The lowest BCUT2D eigenvalue weighted by Crippen LogP contribution is -2.48. The highest BCUT2D eigenvalue weighted by atomic mass is 19.1. The van der Waals surface area contributed by atoms with Gasteiger partial charge in [-0.15, -0.1) is 0 Å². The van der Waals surface area contributed by atoms with Crippen LogP contribution in [-0.2, 0) is 0 Å². The van der Waals surface area contributed by atoms with Crippen LogP contribution in [0.4, 0.5) is 4.39 Å². The fraction of sp³-hybridized carbons (Fsp3) is 0.391. The predicted octanol–water partition coefficient (Wildman–Crippen LogP) is 3.12. The summed E-state index contributed by atoms with van der Waals surface area (Å²) < 4.78 is 15.9. The molecule has 1 saturated heterocycles. The van der Waals surface area contributed by atoms with Gasteiger partial charge < -0.3 is 9.80 Å². The zero-order valence-electron chi connectivity index (χ0n) is 17.5. The molecule has 3 aromatic rings. The molecule has 7 nitrogen and oxygen atoms in total. The van der Waals surface area contributed by atoms with Crippen LogP contribution in [0.5, 0.6) is 0 Å². The van der Waals surface area contributed by atoms with Crippen LogP contribution >= 0.6 is 0 Å². The molecule has 1 aliphatic carbocycles. The van der Waals surface area contributed by atoms with Crippen LogP contribution in [0, 0.1) is 5.82 Å². The van der Waals surface area contributed by atoms with Gasteiger partial charge in [0, 0.05) is 43.9 Å². The Kier molecular flexibility index (Phi) is 5.23. The van der Waals surface area contributed by atoms with Crippen molar-refractivity contribution in [2.75, 3.05) is 32.7 Å². The minimum atomic E-state index is -0.336. The minimum Gasteiger partial charge on any atom is -0.336 e. The molecule has 1 amide bonds. The highest BCUT2D eigenvalue weighted by Gasteiger charge is 2.35. The number of rotatable bonds is 5. The lowest BCUT2D eigenvalue weighted by molar-refractivity contribution is 0.0642. The Labute approximate surface area is 180 Å². The van der Waals surface area contributed by atoms with E-state index in [1.807, 2.05) is 4.90 Å². The van der Waals surface area contributed by atoms with Crippen LogP contribution in [0.25, 0.3) is 17.2 Å². The summed E-state index contributed by atoms with van der Waals surface area (Å²) >= 11 is 0. The summed E-state index contributed by atoms with van der Waals surface area (Å²) in [5.41, 5.74) is 2.40. The third-order valence-corrected chi connectivity index (χ3v) is 6.09. The molecule has 8 heteroatoms. The summed E-state index contributed by atoms with van der Waals surface area (Å²) in [6.07, 6.45) is 5.28. The SMILES string of the molecule is CCN1CCN(C(=O)c2cnn(-c3nccc(-c4ccccc4F)n3)c2C2CC2)CC1. The average Bonchev–Trinajstić information content (AvgIpc) is 3.56. The Bertz CT molecular complexity index is 1100. The number of aromatic nitrogens is 4. The van der Waals surface area contributed by atoms with Crippen molar-refractivity contribution in [1.82, 2.24) is 29.5 Å². The smallest absolute Gasteiger partial charge is 0.257 e. The molecule has 5 rings (SSSR count). The average molecular weight is 420 g/mol. The van der Waals surface area contributed by atoms with Crippen molar-refractivity contribution in [2.24, 2.45) is 0 Å². The second-order valence-corrected chi connectivity index (χ2v) is 8.08. The molecule has 31 heavy (non-hydrogen) atoms. The standard InChI is InChI=1S/C23H25FN6O/c1-2-28-11-13-29(14-12-28)22(31)18-15-26-30(21(18)16-7-8-16)23-25-10-9-20(27-23)17-5-3-4-6-19(17)24/h3-6,9-10,15-16H,2,7-8,11-14H2,1H3. The van der Waals surface area contributed by atoms with E-state index in [4.69, 9.17) is 0 Å². The van der Waals surface area contributed by atoms with Gasteiger partial charge in [-0.3, -0.25) is 4.79 Å². The number of hydrogen-bond donors (Lipinski definition) is 0. The third kappa shape index (κ3) is 3.83. The maximum Gasteiger partial charge on any atom is 0.257 e. The number of halogens is 1. The fourth-order valence-electron chi connectivity index (χ4n) is 4.14. The number of benzene rings is 1. The van der Waals surface area contributed by atoms with Gasteiger partial charge in [0.2, 0.25) is 0 Å². The molecule has 2 fully saturated rings. The monoisotopic (exact) mass is 420 g/mol. The van der Waals surface area contributed by atoms with Gasteiger partial charge in [-0.1, -0.05) is 19.1 Å². The van der Waals surface area contributed by atoms with Crippen LogP contribution in [-0.4, -0.2) is 68.2 Å². The van der Waals surface area contributed by atoms with Crippen LogP contribution < -0.4 is 0 Å². The van der Waals surface area contributed by atoms with Crippen molar-refractivity contribution in [3.63, 3.8) is 0 Å². The number of hydrogen-bond acceptors (Lipinski definition) is 5. The zero-order valence-corrected chi connectivity index (χ0v) is 17.5. The van der Waals surface area contributed by atoms with Gasteiger partial charge in [0.05, 0.1) is 23.1 Å². The Morgan fingerprint density at radius 2 is 1.90 bits per heavy atom. The summed E-state index contributed by atoms with van der Waals surface area (Å²) in [6.45, 7) is 6.37. The van der Waals surface area contributed by atoms with Crippen LogP contribution in [0.15, 0.2) is 42.7 Å². The molecule has 0 N–H and O–H groups in total. The third-order valence-electron chi connectivity index (χ3n) is 6.09. The molecule has 1 aromatic carbocycles. The summed E-state index contributed by atoms with van der Waals surface area (Å²) in [6, 6.07) is 8.21. The molecular formula is C23H25FN6O. The number of likely N-dealkylation sites (N-methyl/N-ethyl adjacent to an activating group) is 1. The van der Waals surface area contributed by atoms with E-state index in [1.165, 1.54) is 6.07 Å². The molecule has 2 aliphatic rings. The summed E-state index contributed by atoms with van der Waals surface area (Å²) in [7, 11) is 0. The van der Waals surface area contributed by atoms with Gasteiger partial charge in [-0.05, 0) is 37.6 Å². The summed E-state index contributed by atoms with van der Waals surface area (Å²) in [4.78, 5) is 26.5. The molecule has 0 radical (unpaired) electrons. The second kappa shape index (κ2) is 8.19. The van der Waals surface area contributed by atoms with Crippen molar-refractivity contribution >= 4 is 5.91 Å². The maximum atomic E-state index is 14.3. The van der Waals surface area contributed by atoms with E-state index >= 15 is 0 Å². The van der Waals surface area contributed by atoms with E-state index in [2.05, 4.69) is 26.9 Å². The van der Waals surface area contributed by atoms with Crippen molar-refractivity contribution < 1.29 is 9.18 Å². The fourth-order valence-corrected chi connectivity index (χ4v) is 4.14. The topological polar surface area (TPSA) is 67.2 Å². The first-order valence-electron chi connectivity index (χ1n) is 10.8. The number of carbonyl (C=O) groups is 1. The number of nitrogens with zero attached hydrogens (tertiary/aromatic N) is 6. The molecule has 160 valence electrons. The first-order chi connectivity index (χ1) is 15.2. The van der Waals surface area contributed by atoms with Gasteiger partial charge in [-0.25, -0.2) is 19.0 Å². The Hall–Kier alpha value is -3.13.